The van der Waals surface area contributed by atoms with Gasteiger partial charge >= 0.3 is 0 Å². The molecule has 0 aliphatic carbocycles. The third kappa shape index (κ3) is 4.58. The van der Waals surface area contributed by atoms with Gasteiger partial charge in [-0.05, 0) is 30.3 Å². The number of benzene rings is 2. The zero-order valence-electron chi connectivity index (χ0n) is 14.3. The molecule has 0 unspecified atom stereocenters. The number of ether oxygens (including phenoxy) is 1. The van der Waals surface area contributed by atoms with Gasteiger partial charge in [-0.3, -0.25) is 9.59 Å². The van der Waals surface area contributed by atoms with Gasteiger partial charge in [0.05, 0.1) is 10.5 Å². The number of nitrogens with zero attached hydrogens (tertiary/aromatic N) is 1. The number of hydrogen-bond acceptors (Lipinski definition) is 5. The van der Waals surface area contributed by atoms with E-state index < -0.39 is 21.8 Å². The second-order valence-corrected chi connectivity index (χ2v) is 7.66. The van der Waals surface area contributed by atoms with Crippen LogP contribution in [0, 0.1) is 0 Å². The molecule has 9 heteroatoms. The summed E-state index contributed by atoms with van der Waals surface area (Å²) in [4.78, 5) is 23.4. The van der Waals surface area contributed by atoms with Crippen molar-refractivity contribution in [2.75, 3.05) is 26.0 Å². The van der Waals surface area contributed by atoms with Crippen LogP contribution in [-0.2, 0) is 14.8 Å². The first-order valence-corrected chi connectivity index (χ1v) is 9.00. The summed E-state index contributed by atoms with van der Waals surface area (Å²) in [5, 5.41) is 2.55. The smallest absolute Gasteiger partial charge is 0.262 e. The predicted molar refractivity (Wildman–Crippen MR) is 96.4 cm³/mol. The van der Waals surface area contributed by atoms with Crippen molar-refractivity contribution in [1.29, 1.82) is 0 Å². The molecule has 138 valence electrons. The minimum atomic E-state index is -3.61. The van der Waals surface area contributed by atoms with Crippen molar-refractivity contribution in [1.82, 2.24) is 4.31 Å². The van der Waals surface area contributed by atoms with Gasteiger partial charge in [-0.2, -0.15) is 0 Å². The molecule has 0 fully saturated rings. The zero-order chi connectivity index (χ0) is 19.3. The minimum Gasteiger partial charge on any atom is -0.483 e. The van der Waals surface area contributed by atoms with Crippen LogP contribution in [0.15, 0.2) is 53.4 Å². The summed E-state index contributed by atoms with van der Waals surface area (Å²) in [5.41, 5.74) is 5.72. The number of sulfonamides is 1. The molecule has 0 radical (unpaired) electrons. The van der Waals surface area contributed by atoms with E-state index in [0.717, 1.165) is 4.31 Å². The number of anilines is 1. The van der Waals surface area contributed by atoms with E-state index in [9.17, 15) is 18.0 Å². The van der Waals surface area contributed by atoms with Crippen molar-refractivity contribution in [3.63, 3.8) is 0 Å². The van der Waals surface area contributed by atoms with Gasteiger partial charge in [-0.15, -0.1) is 0 Å². The summed E-state index contributed by atoms with van der Waals surface area (Å²) in [6.45, 7) is -0.366. The fourth-order valence-electron chi connectivity index (χ4n) is 2.08. The Hall–Kier alpha value is -2.91. The van der Waals surface area contributed by atoms with Gasteiger partial charge in [0.25, 0.3) is 11.8 Å². The standard InChI is InChI=1S/C17H19N3O5S/c1-20(2)26(23,24)13-7-5-6-12(10-13)19-16(21)11-25-15-9-4-3-8-14(15)17(18)22/h3-10H,11H2,1-2H3,(H2,18,22)(H,19,21). The maximum absolute atomic E-state index is 12.1. The Balaban J connectivity index is 2.07. The summed E-state index contributed by atoms with van der Waals surface area (Å²) in [6.07, 6.45) is 0. The number of carbonyl (C=O) groups excluding carboxylic acids is 2. The van der Waals surface area contributed by atoms with Crippen LogP contribution in [0.1, 0.15) is 10.4 Å². The zero-order valence-corrected chi connectivity index (χ0v) is 15.1. The van der Waals surface area contributed by atoms with Gasteiger partial charge in [0.1, 0.15) is 5.75 Å². The predicted octanol–water partition coefficient (Wildman–Crippen LogP) is 1.05. The first kappa shape index (κ1) is 19.4. The quantitative estimate of drug-likeness (QED) is 0.748. The van der Waals surface area contributed by atoms with E-state index in [1.807, 2.05) is 0 Å². The first-order valence-electron chi connectivity index (χ1n) is 7.56. The Labute approximate surface area is 151 Å². The number of para-hydroxylation sites is 1. The first-order chi connectivity index (χ1) is 12.2. The Bertz CT molecular complexity index is 926. The van der Waals surface area contributed by atoms with E-state index in [1.165, 1.54) is 44.4 Å². The Morgan fingerprint density at radius 3 is 2.46 bits per heavy atom. The Kier molecular flexibility index (Phi) is 5.96. The second-order valence-electron chi connectivity index (χ2n) is 5.51. The monoisotopic (exact) mass is 377 g/mol. The van der Waals surface area contributed by atoms with Gasteiger partial charge in [0.2, 0.25) is 10.0 Å². The van der Waals surface area contributed by atoms with Crippen molar-refractivity contribution in [2.24, 2.45) is 5.73 Å². The molecule has 0 aliphatic rings. The molecule has 26 heavy (non-hydrogen) atoms. The maximum Gasteiger partial charge on any atom is 0.262 e. The summed E-state index contributed by atoms with van der Waals surface area (Å²) < 4.78 is 30.7. The molecule has 2 aromatic rings. The van der Waals surface area contributed by atoms with Gasteiger partial charge in [-0.25, -0.2) is 12.7 Å². The van der Waals surface area contributed by atoms with E-state index >= 15 is 0 Å². The van der Waals surface area contributed by atoms with Gasteiger partial charge in [0.15, 0.2) is 6.61 Å². The number of carbonyl (C=O) groups is 2. The topological polar surface area (TPSA) is 119 Å². The average Bonchev–Trinajstić information content (AvgIpc) is 2.60. The van der Waals surface area contributed by atoms with Crippen LogP contribution in [0.25, 0.3) is 0 Å². The molecule has 0 aromatic heterocycles. The number of amides is 2. The molecule has 2 amide bonds. The molecule has 2 rings (SSSR count). The molecule has 0 saturated carbocycles. The van der Waals surface area contributed by atoms with Crippen LogP contribution < -0.4 is 15.8 Å². The molecule has 0 atom stereocenters. The van der Waals surface area contributed by atoms with E-state index in [1.54, 1.807) is 18.2 Å². The molecule has 3 N–H and O–H groups in total. The molecule has 8 nitrogen and oxygen atoms in total. The summed E-state index contributed by atoms with van der Waals surface area (Å²) in [6, 6.07) is 12.2. The fraction of sp³-hybridized carbons (Fsp3) is 0.176. The summed E-state index contributed by atoms with van der Waals surface area (Å²) in [5.74, 6) is -0.981. The van der Waals surface area contributed by atoms with Gasteiger partial charge in [0, 0.05) is 19.8 Å². The molecule has 0 heterocycles. The van der Waals surface area contributed by atoms with Crippen molar-refractivity contribution in [3.05, 3.63) is 54.1 Å². The van der Waals surface area contributed by atoms with Crippen molar-refractivity contribution in [2.45, 2.75) is 4.90 Å². The van der Waals surface area contributed by atoms with E-state index in [-0.39, 0.29) is 22.8 Å². The number of nitrogens with one attached hydrogen (secondary N) is 1. The number of hydrogen-bond donors (Lipinski definition) is 2. The second kappa shape index (κ2) is 7.98. The fourth-order valence-corrected chi connectivity index (χ4v) is 3.03. The average molecular weight is 377 g/mol. The molecular weight excluding hydrogens is 358 g/mol. The Morgan fingerprint density at radius 1 is 1.12 bits per heavy atom. The van der Waals surface area contributed by atoms with Crippen LogP contribution in [0.4, 0.5) is 5.69 Å². The van der Waals surface area contributed by atoms with Crippen molar-refractivity contribution in [3.8, 4) is 5.75 Å². The lowest BCUT2D eigenvalue weighted by Crippen LogP contribution is -2.23. The van der Waals surface area contributed by atoms with E-state index in [4.69, 9.17) is 10.5 Å². The van der Waals surface area contributed by atoms with Crippen molar-refractivity contribution >= 4 is 27.5 Å². The van der Waals surface area contributed by atoms with E-state index in [0.29, 0.717) is 5.69 Å². The highest BCUT2D eigenvalue weighted by Crippen LogP contribution is 2.19. The molecule has 2 aromatic carbocycles. The third-order valence-electron chi connectivity index (χ3n) is 3.41. The molecular formula is C17H19N3O5S. The highest BCUT2D eigenvalue weighted by molar-refractivity contribution is 7.89. The minimum absolute atomic E-state index is 0.0558. The van der Waals surface area contributed by atoms with Crippen LogP contribution in [0.2, 0.25) is 0 Å². The Morgan fingerprint density at radius 2 is 1.81 bits per heavy atom. The maximum atomic E-state index is 12.1. The lowest BCUT2D eigenvalue weighted by atomic mass is 10.2. The van der Waals surface area contributed by atoms with Crippen LogP contribution in [0.5, 0.6) is 5.75 Å². The van der Waals surface area contributed by atoms with Gasteiger partial charge in [-0.1, -0.05) is 18.2 Å². The SMILES string of the molecule is CN(C)S(=O)(=O)c1cccc(NC(=O)COc2ccccc2C(N)=O)c1. The number of rotatable bonds is 7. The van der Waals surface area contributed by atoms with Crippen LogP contribution >= 0.6 is 0 Å². The molecule has 0 bridgehead atoms. The lowest BCUT2D eigenvalue weighted by Gasteiger charge is -2.13. The normalized spacial score (nSPS) is 11.2. The summed E-state index contributed by atoms with van der Waals surface area (Å²) >= 11 is 0. The van der Waals surface area contributed by atoms with Crippen LogP contribution in [0.3, 0.4) is 0 Å². The molecule has 0 aliphatic heterocycles. The lowest BCUT2D eigenvalue weighted by molar-refractivity contribution is -0.118. The number of primary amides is 1. The summed E-state index contributed by atoms with van der Waals surface area (Å²) in [7, 11) is -0.764. The molecule has 0 saturated heterocycles. The van der Waals surface area contributed by atoms with Gasteiger partial charge < -0.3 is 15.8 Å². The third-order valence-corrected chi connectivity index (χ3v) is 5.22. The highest BCUT2D eigenvalue weighted by atomic mass is 32.2. The largest absolute Gasteiger partial charge is 0.483 e. The highest BCUT2D eigenvalue weighted by Gasteiger charge is 2.18. The van der Waals surface area contributed by atoms with Crippen molar-refractivity contribution < 1.29 is 22.7 Å². The molecule has 0 spiro atoms. The van der Waals surface area contributed by atoms with Crippen LogP contribution in [-0.4, -0.2) is 45.2 Å². The van der Waals surface area contributed by atoms with E-state index in [2.05, 4.69) is 5.32 Å². The number of nitrogens with two attached hydrogens (primary N) is 1.